The van der Waals surface area contributed by atoms with Gasteiger partial charge in [0.15, 0.2) is 0 Å². The Morgan fingerprint density at radius 1 is 1.45 bits per heavy atom. The highest BCUT2D eigenvalue weighted by atomic mass is 32.2. The lowest BCUT2D eigenvalue weighted by molar-refractivity contribution is 0.0600. The lowest BCUT2D eigenvalue weighted by Crippen LogP contribution is -2.31. The van der Waals surface area contributed by atoms with Crippen LogP contribution in [0.1, 0.15) is 22.3 Å². The van der Waals surface area contributed by atoms with E-state index >= 15 is 0 Å². The van der Waals surface area contributed by atoms with Crippen LogP contribution in [0, 0.1) is 5.92 Å². The average Bonchev–Trinajstić information content (AvgIpc) is 2.96. The molecule has 1 unspecified atom stereocenters. The van der Waals surface area contributed by atoms with E-state index in [0.717, 1.165) is 13.0 Å². The topological polar surface area (TPSA) is 75.7 Å². The summed E-state index contributed by atoms with van der Waals surface area (Å²) in [5.74, 6) is -0.194. The van der Waals surface area contributed by atoms with Gasteiger partial charge in [-0.25, -0.2) is 17.5 Å². The number of hydrogen-bond donors (Lipinski definition) is 1. The monoisotopic (exact) mass is 326 g/mol. The fourth-order valence-electron chi connectivity index (χ4n) is 2.71. The second-order valence-electron chi connectivity index (χ2n) is 5.52. The van der Waals surface area contributed by atoms with Gasteiger partial charge in [0.2, 0.25) is 10.0 Å². The standard InChI is InChI=1S/C15H22N2O4S/c1-16-9-13-6-7-17(10-13)22(19,20)11-12-4-3-5-14(8-12)15(18)21-2/h3-5,8,13,16H,6-7,9-11H2,1-2H3. The van der Waals surface area contributed by atoms with Crippen molar-refractivity contribution in [3.63, 3.8) is 0 Å². The van der Waals surface area contributed by atoms with Crippen LogP contribution in [-0.4, -0.2) is 52.5 Å². The zero-order valence-corrected chi connectivity index (χ0v) is 13.7. The van der Waals surface area contributed by atoms with Crippen molar-refractivity contribution < 1.29 is 17.9 Å². The van der Waals surface area contributed by atoms with Gasteiger partial charge >= 0.3 is 5.97 Å². The third-order valence-electron chi connectivity index (χ3n) is 3.83. The van der Waals surface area contributed by atoms with Crippen LogP contribution in [0.15, 0.2) is 24.3 Å². The van der Waals surface area contributed by atoms with Crippen LogP contribution in [-0.2, 0) is 20.5 Å². The van der Waals surface area contributed by atoms with Crippen LogP contribution in [0.2, 0.25) is 0 Å². The number of carbonyl (C=O) groups excluding carboxylic acids is 1. The minimum absolute atomic E-state index is 0.0931. The molecule has 7 heteroatoms. The van der Waals surface area contributed by atoms with E-state index < -0.39 is 16.0 Å². The molecule has 0 saturated carbocycles. The van der Waals surface area contributed by atoms with Crippen LogP contribution in [0.4, 0.5) is 0 Å². The normalized spacial score (nSPS) is 19.3. The van der Waals surface area contributed by atoms with E-state index in [2.05, 4.69) is 10.1 Å². The Hall–Kier alpha value is -1.44. The van der Waals surface area contributed by atoms with Crippen molar-refractivity contribution in [1.29, 1.82) is 0 Å². The molecule has 1 N–H and O–H groups in total. The minimum atomic E-state index is -3.36. The van der Waals surface area contributed by atoms with Gasteiger partial charge < -0.3 is 10.1 Å². The van der Waals surface area contributed by atoms with Crippen molar-refractivity contribution in [3.05, 3.63) is 35.4 Å². The highest BCUT2D eigenvalue weighted by Crippen LogP contribution is 2.21. The summed E-state index contributed by atoms with van der Waals surface area (Å²) in [4.78, 5) is 11.5. The molecule has 1 aromatic carbocycles. The zero-order chi connectivity index (χ0) is 16.2. The van der Waals surface area contributed by atoms with Gasteiger partial charge in [0.1, 0.15) is 0 Å². The number of hydrogen-bond acceptors (Lipinski definition) is 5. The second-order valence-corrected chi connectivity index (χ2v) is 7.49. The molecule has 1 aliphatic heterocycles. The first-order valence-electron chi connectivity index (χ1n) is 7.26. The highest BCUT2D eigenvalue weighted by Gasteiger charge is 2.31. The van der Waals surface area contributed by atoms with Crippen LogP contribution in [0.3, 0.4) is 0 Å². The predicted molar refractivity (Wildman–Crippen MR) is 84.0 cm³/mol. The van der Waals surface area contributed by atoms with Gasteiger partial charge in [-0.05, 0) is 43.6 Å². The van der Waals surface area contributed by atoms with E-state index in [1.807, 2.05) is 7.05 Å². The number of ether oxygens (including phenoxy) is 1. The number of esters is 1. The number of rotatable bonds is 6. The largest absolute Gasteiger partial charge is 0.465 e. The molecule has 1 fully saturated rings. The van der Waals surface area contributed by atoms with Crippen LogP contribution in [0.25, 0.3) is 0 Å². The molecule has 2 rings (SSSR count). The SMILES string of the molecule is CNCC1CCN(S(=O)(=O)Cc2cccc(C(=O)OC)c2)C1. The van der Waals surface area contributed by atoms with E-state index in [9.17, 15) is 13.2 Å². The number of methoxy groups -OCH3 is 1. The average molecular weight is 326 g/mol. The summed E-state index contributed by atoms with van der Waals surface area (Å²) in [6.07, 6.45) is 0.877. The van der Waals surface area contributed by atoms with Gasteiger partial charge in [-0.3, -0.25) is 0 Å². The van der Waals surface area contributed by atoms with E-state index in [4.69, 9.17) is 0 Å². The van der Waals surface area contributed by atoms with E-state index in [1.165, 1.54) is 7.11 Å². The fourth-order valence-corrected chi connectivity index (χ4v) is 4.32. The molecule has 1 saturated heterocycles. The van der Waals surface area contributed by atoms with Crippen molar-refractivity contribution in [2.75, 3.05) is 33.8 Å². The Kier molecular flexibility index (Phi) is 5.55. The van der Waals surface area contributed by atoms with Gasteiger partial charge in [0, 0.05) is 13.1 Å². The van der Waals surface area contributed by atoms with Crippen molar-refractivity contribution in [2.45, 2.75) is 12.2 Å². The quantitative estimate of drug-likeness (QED) is 0.784. The zero-order valence-electron chi connectivity index (χ0n) is 12.9. The molecule has 6 nitrogen and oxygen atoms in total. The smallest absolute Gasteiger partial charge is 0.337 e. The van der Waals surface area contributed by atoms with Crippen LogP contribution < -0.4 is 5.32 Å². The summed E-state index contributed by atoms with van der Waals surface area (Å²) in [7, 11) is -0.186. The number of benzene rings is 1. The maximum atomic E-state index is 12.5. The maximum absolute atomic E-state index is 12.5. The molecule has 1 aliphatic rings. The maximum Gasteiger partial charge on any atom is 0.337 e. The molecule has 1 aromatic rings. The van der Waals surface area contributed by atoms with Crippen molar-refractivity contribution in [1.82, 2.24) is 9.62 Å². The summed E-state index contributed by atoms with van der Waals surface area (Å²) >= 11 is 0. The fraction of sp³-hybridized carbons (Fsp3) is 0.533. The Balaban J connectivity index is 2.08. The van der Waals surface area contributed by atoms with Gasteiger partial charge in [-0.15, -0.1) is 0 Å². The third-order valence-corrected chi connectivity index (χ3v) is 5.65. The first-order valence-corrected chi connectivity index (χ1v) is 8.87. The van der Waals surface area contributed by atoms with E-state index in [-0.39, 0.29) is 5.75 Å². The highest BCUT2D eigenvalue weighted by molar-refractivity contribution is 7.88. The first kappa shape index (κ1) is 16.9. The molecule has 122 valence electrons. The van der Waals surface area contributed by atoms with Gasteiger partial charge in [-0.1, -0.05) is 12.1 Å². The molecule has 1 heterocycles. The van der Waals surface area contributed by atoms with Gasteiger partial charge in [0.25, 0.3) is 0 Å². The van der Waals surface area contributed by atoms with Crippen LogP contribution in [0.5, 0.6) is 0 Å². The molecule has 0 amide bonds. The summed E-state index contributed by atoms with van der Waals surface area (Å²) in [5, 5.41) is 3.08. The first-order chi connectivity index (χ1) is 10.5. The molecular formula is C15H22N2O4S. The second kappa shape index (κ2) is 7.21. The number of nitrogens with zero attached hydrogens (tertiary/aromatic N) is 1. The predicted octanol–water partition coefficient (Wildman–Crippen LogP) is 0.844. The lowest BCUT2D eigenvalue weighted by Gasteiger charge is -2.17. The summed E-state index contributed by atoms with van der Waals surface area (Å²) < 4.78 is 31.2. The Morgan fingerprint density at radius 3 is 2.91 bits per heavy atom. The number of sulfonamides is 1. The molecular weight excluding hydrogens is 304 g/mol. The number of nitrogens with one attached hydrogen (secondary N) is 1. The summed E-state index contributed by atoms with van der Waals surface area (Å²) in [6, 6.07) is 6.57. The molecule has 0 aliphatic carbocycles. The van der Waals surface area contributed by atoms with Crippen LogP contribution >= 0.6 is 0 Å². The van der Waals surface area contributed by atoms with Crippen molar-refractivity contribution in [2.24, 2.45) is 5.92 Å². The Morgan fingerprint density at radius 2 is 2.23 bits per heavy atom. The van der Waals surface area contributed by atoms with Crippen molar-refractivity contribution >= 4 is 16.0 Å². The van der Waals surface area contributed by atoms with E-state index in [1.54, 1.807) is 28.6 Å². The summed E-state index contributed by atoms with van der Waals surface area (Å²) in [6.45, 7) is 1.94. The molecule has 0 spiro atoms. The van der Waals surface area contributed by atoms with Gasteiger partial charge in [-0.2, -0.15) is 0 Å². The minimum Gasteiger partial charge on any atom is -0.465 e. The molecule has 0 radical (unpaired) electrons. The molecule has 1 atom stereocenters. The van der Waals surface area contributed by atoms with Gasteiger partial charge in [0.05, 0.1) is 18.4 Å². The summed E-state index contributed by atoms with van der Waals surface area (Å²) in [5.41, 5.74) is 0.963. The Labute approximate surface area is 131 Å². The lowest BCUT2D eigenvalue weighted by atomic mass is 10.1. The van der Waals surface area contributed by atoms with Crippen molar-refractivity contribution in [3.8, 4) is 0 Å². The molecule has 0 bridgehead atoms. The molecule has 0 aromatic heterocycles. The van der Waals surface area contributed by atoms with E-state index in [0.29, 0.717) is 30.1 Å². The Bertz CT molecular complexity index is 630. The number of carbonyl (C=O) groups is 1. The third kappa shape index (κ3) is 4.06. The molecule has 22 heavy (non-hydrogen) atoms.